The van der Waals surface area contributed by atoms with Gasteiger partial charge in [0.05, 0.1) is 10.5 Å². The Labute approximate surface area is 64.3 Å². The SMILES string of the molecule is CCS(=O)(=O)SC(C)Cl. The smallest absolute Gasteiger partial charge is 0.202 e. The molecule has 2 nitrogen and oxygen atoms in total. The average Bonchev–Trinajstić information content (AvgIpc) is 1.63. The van der Waals surface area contributed by atoms with Gasteiger partial charge in [-0.15, -0.1) is 11.6 Å². The Balaban J connectivity index is 3.90. The quantitative estimate of drug-likeness (QED) is 0.499. The van der Waals surface area contributed by atoms with Crippen LogP contribution < -0.4 is 0 Å². The summed E-state index contributed by atoms with van der Waals surface area (Å²) in [6, 6.07) is 0. The molecule has 0 aliphatic carbocycles. The predicted molar refractivity (Wildman–Crippen MR) is 42.4 cm³/mol. The van der Waals surface area contributed by atoms with Crippen molar-refractivity contribution in [1.29, 1.82) is 0 Å². The van der Waals surface area contributed by atoms with E-state index in [4.69, 9.17) is 11.6 Å². The first-order valence-corrected chi connectivity index (χ1v) is 6.01. The van der Waals surface area contributed by atoms with E-state index in [1.165, 1.54) is 0 Å². The molecule has 0 N–H and O–H groups in total. The lowest BCUT2D eigenvalue weighted by Crippen LogP contribution is -1.99. The summed E-state index contributed by atoms with van der Waals surface area (Å²) in [6.07, 6.45) is 0. The standard InChI is InChI=1S/C4H9ClO2S2/c1-3-9(6,7)8-4(2)5/h4H,3H2,1-2H3. The summed E-state index contributed by atoms with van der Waals surface area (Å²) < 4.78 is 21.0. The molecule has 0 aromatic carbocycles. The molecule has 0 saturated heterocycles. The molecule has 0 aliphatic rings. The van der Waals surface area contributed by atoms with Gasteiger partial charge in [0.25, 0.3) is 0 Å². The van der Waals surface area contributed by atoms with Crippen molar-refractivity contribution in [1.82, 2.24) is 0 Å². The first-order chi connectivity index (χ1) is 3.98. The second-order valence-corrected chi connectivity index (χ2v) is 7.09. The van der Waals surface area contributed by atoms with Crippen molar-refractivity contribution in [3.63, 3.8) is 0 Å². The first kappa shape index (κ1) is 9.59. The Morgan fingerprint density at radius 2 is 2.11 bits per heavy atom. The van der Waals surface area contributed by atoms with Gasteiger partial charge in [-0.3, -0.25) is 0 Å². The Hall–Kier alpha value is 0.590. The molecule has 0 saturated carbocycles. The van der Waals surface area contributed by atoms with Gasteiger partial charge in [0.1, 0.15) is 0 Å². The molecule has 0 bridgehead atoms. The Morgan fingerprint density at radius 3 is 2.22 bits per heavy atom. The van der Waals surface area contributed by atoms with Gasteiger partial charge in [-0.1, -0.05) is 6.92 Å². The topological polar surface area (TPSA) is 34.1 Å². The molecule has 56 valence electrons. The monoisotopic (exact) mass is 188 g/mol. The fraction of sp³-hybridized carbons (Fsp3) is 1.00. The van der Waals surface area contributed by atoms with E-state index in [2.05, 4.69) is 0 Å². The van der Waals surface area contributed by atoms with Crippen LogP contribution in [0.4, 0.5) is 0 Å². The molecule has 0 aromatic rings. The van der Waals surface area contributed by atoms with Crippen LogP contribution in [0, 0.1) is 0 Å². The Bertz CT molecular complexity index is 161. The molecule has 0 radical (unpaired) electrons. The predicted octanol–water partition coefficient (Wildman–Crippen LogP) is 1.65. The molecule has 0 rings (SSSR count). The third-order valence-corrected chi connectivity index (χ3v) is 4.94. The average molecular weight is 189 g/mol. The summed E-state index contributed by atoms with van der Waals surface area (Å²) in [5, 5.41) is 0. The first-order valence-electron chi connectivity index (χ1n) is 2.53. The lowest BCUT2D eigenvalue weighted by Gasteiger charge is -1.99. The lowest BCUT2D eigenvalue weighted by atomic mass is 11.0. The zero-order valence-electron chi connectivity index (χ0n) is 5.30. The maximum absolute atomic E-state index is 10.7. The summed E-state index contributed by atoms with van der Waals surface area (Å²) in [5.74, 6) is 0.148. The largest absolute Gasteiger partial charge is 0.217 e. The van der Waals surface area contributed by atoms with E-state index in [1.54, 1.807) is 13.8 Å². The number of halogens is 1. The zero-order valence-corrected chi connectivity index (χ0v) is 7.68. The number of rotatable bonds is 3. The van der Waals surface area contributed by atoms with Gasteiger partial charge in [-0.25, -0.2) is 8.42 Å². The van der Waals surface area contributed by atoms with Crippen molar-refractivity contribution in [2.45, 2.75) is 18.6 Å². The summed E-state index contributed by atoms with van der Waals surface area (Å²) in [7, 11) is -2.14. The van der Waals surface area contributed by atoms with Crippen molar-refractivity contribution in [2.24, 2.45) is 0 Å². The van der Waals surface area contributed by atoms with Crippen molar-refractivity contribution in [2.75, 3.05) is 5.75 Å². The minimum Gasteiger partial charge on any atom is -0.217 e. The van der Waals surface area contributed by atoms with Crippen LogP contribution in [0.3, 0.4) is 0 Å². The van der Waals surface area contributed by atoms with Gasteiger partial charge in [0.15, 0.2) is 0 Å². The third-order valence-electron chi connectivity index (χ3n) is 0.633. The number of hydrogen-bond acceptors (Lipinski definition) is 3. The molecule has 1 atom stereocenters. The van der Waals surface area contributed by atoms with Gasteiger partial charge in [0.2, 0.25) is 8.87 Å². The summed E-state index contributed by atoms with van der Waals surface area (Å²) >= 11 is 5.42. The molecular weight excluding hydrogens is 180 g/mol. The highest BCUT2D eigenvalue weighted by Gasteiger charge is 2.11. The van der Waals surface area contributed by atoms with E-state index in [0.717, 1.165) is 10.8 Å². The van der Waals surface area contributed by atoms with E-state index in [-0.39, 0.29) is 10.5 Å². The molecular formula is C4H9ClO2S2. The summed E-state index contributed by atoms with van der Waals surface area (Å²) in [6.45, 7) is 3.24. The molecule has 9 heavy (non-hydrogen) atoms. The van der Waals surface area contributed by atoms with Gasteiger partial charge in [-0.2, -0.15) is 0 Å². The van der Waals surface area contributed by atoms with Gasteiger partial charge >= 0.3 is 0 Å². The Morgan fingerprint density at radius 1 is 1.67 bits per heavy atom. The van der Waals surface area contributed by atoms with E-state index in [9.17, 15) is 8.42 Å². The molecule has 0 heterocycles. The van der Waals surface area contributed by atoms with Crippen LogP contribution >= 0.6 is 22.4 Å². The fourth-order valence-electron chi connectivity index (χ4n) is 0.270. The molecule has 0 aliphatic heterocycles. The van der Waals surface area contributed by atoms with Crippen molar-refractivity contribution >= 4 is 31.3 Å². The molecule has 1 unspecified atom stereocenters. The van der Waals surface area contributed by atoms with Crippen LogP contribution in [0.25, 0.3) is 0 Å². The number of hydrogen-bond donors (Lipinski definition) is 0. The Kier molecular flexibility index (Phi) is 3.93. The van der Waals surface area contributed by atoms with E-state index in [0.29, 0.717) is 0 Å². The van der Waals surface area contributed by atoms with Crippen LogP contribution in [0.1, 0.15) is 13.8 Å². The van der Waals surface area contributed by atoms with Gasteiger partial charge in [-0.05, 0) is 17.7 Å². The van der Waals surface area contributed by atoms with Crippen molar-refractivity contribution in [3.8, 4) is 0 Å². The zero-order chi connectivity index (χ0) is 7.49. The van der Waals surface area contributed by atoms with Crippen LogP contribution in [0.5, 0.6) is 0 Å². The van der Waals surface area contributed by atoms with Crippen LogP contribution in [-0.2, 0) is 8.87 Å². The lowest BCUT2D eigenvalue weighted by molar-refractivity contribution is 0.611. The van der Waals surface area contributed by atoms with Crippen LogP contribution in [0.15, 0.2) is 0 Å². The second-order valence-electron chi connectivity index (χ2n) is 1.49. The van der Waals surface area contributed by atoms with Crippen molar-refractivity contribution < 1.29 is 8.42 Å². The maximum atomic E-state index is 10.7. The van der Waals surface area contributed by atoms with Crippen LogP contribution in [0.2, 0.25) is 0 Å². The highest BCUT2D eigenvalue weighted by molar-refractivity contribution is 8.72. The van der Waals surface area contributed by atoms with Crippen LogP contribution in [-0.4, -0.2) is 18.9 Å². The highest BCUT2D eigenvalue weighted by Crippen LogP contribution is 2.21. The van der Waals surface area contributed by atoms with E-state index >= 15 is 0 Å². The summed E-state index contributed by atoms with van der Waals surface area (Å²) in [4.78, 5) is 0. The van der Waals surface area contributed by atoms with Gasteiger partial charge in [0, 0.05) is 0 Å². The maximum Gasteiger partial charge on any atom is 0.202 e. The van der Waals surface area contributed by atoms with Gasteiger partial charge < -0.3 is 0 Å². The van der Waals surface area contributed by atoms with E-state index < -0.39 is 8.87 Å². The molecule has 0 fully saturated rings. The second kappa shape index (κ2) is 3.68. The molecule has 0 amide bonds. The molecule has 5 heteroatoms. The van der Waals surface area contributed by atoms with E-state index in [1.807, 2.05) is 0 Å². The normalized spacial score (nSPS) is 15.4. The highest BCUT2D eigenvalue weighted by atomic mass is 35.5. The minimum atomic E-state index is -2.93. The van der Waals surface area contributed by atoms with Crippen molar-refractivity contribution in [3.05, 3.63) is 0 Å². The number of alkyl halides is 1. The molecule has 0 spiro atoms. The third kappa shape index (κ3) is 5.06. The minimum absolute atomic E-state index is 0.148. The fourth-order valence-corrected chi connectivity index (χ4v) is 3.43. The molecule has 0 aromatic heterocycles. The summed E-state index contributed by atoms with van der Waals surface area (Å²) in [5.41, 5.74) is 0.